The van der Waals surface area contributed by atoms with E-state index in [1.54, 1.807) is 0 Å². The SMILES string of the molecule is CC(C(=O)O)C(=O)O.O=C(Cl)Cl. The number of rotatable bonds is 2. The average Bonchev–Trinajstić information content (AvgIpc) is 1.84. The van der Waals surface area contributed by atoms with Crippen LogP contribution < -0.4 is 0 Å². The van der Waals surface area contributed by atoms with Gasteiger partial charge in [-0.25, -0.2) is 0 Å². The van der Waals surface area contributed by atoms with E-state index in [2.05, 4.69) is 23.2 Å². The Bertz CT molecular complexity index is 172. The molecule has 0 radical (unpaired) electrons. The molecule has 70 valence electrons. The fraction of sp³-hybridized carbons (Fsp3) is 0.400. The summed E-state index contributed by atoms with van der Waals surface area (Å²) in [5.74, 6) is -3.91. The van der Waals surface area contributed by atoms with Gasteiger partial charge >= 0.3 is 16.6 Å². The van der Waals surface area contributed by atoms with Gasteiger partial charge in [0.05, 0.1) is 0 Å². The number of carboxylic acid groups (broad SMARTS) is 2. The number of carbonyl (C=O) groups excluding carboxylic acids is 1. The fourth-order valence-corrected chi connectivity index (χ4v) is 0.106. The summed E-state index contributed by atoms with van der Waals surface area (Å²) < 4.78 is -0.889. The minimum absolute atomic E-state index is 0.889. The summed E-state index contributed by atoms with van der Waals surface area (Å²) in [6.07, 6.45) is 0. The Balaban J connectivity index is 0. The lowest BCUT2D eigenvalue weighted by Gasteiger charge is -1.94. The first kappa shape index (κ1) is 13.8. The summed E-state index contributed by atoms with van der Waals surface area (Å²) in [5, 5.41) is 15.9. The molecule has 0 aliphatic heterocycles. The van der Waals surface area contributed by atoms with Crippen molar-refractivity contribution in [1.82, 2.24) is 0 Å². The summed E-state index contributed by atoms with van der Waals surface area (Å²) in [6, 6.07) is 0. The van der Waals surface area contributed by atoms with Crippen molar-refractivity contribution in [2.24, 2.45) is 5.92 Å². The molecular weight excluding hydrogens is 211 g/mol. The van der Waals surface area contributed by atoms with Gasteiger partial charge in [-0.15, -0.1) is 0 Å². The number of carboxylic acids is 2. The molecule has 0 aliphatic carbocycles. The quantitative estimate of drug-likeness (QED) is 0.538. The highest BCUT2D eigenvalue weighted by atomic mass is 35.5. The lowest BCUT2D eigenvalue weighted by atomic mass is 10.2. The third-order valence-electron chi connectivity index (χ3n) is 0.741. The van der Waals surface area contributed by atoms with Crippen molar-refractivity contribution in [3.05, 3.63) is 0 Å². The van der Waals surface area contributed by atoms with Crippen LogP contribution in [0.1, 0.15) is 6.92 Å². The lowest BCUT2D eigenvalue weighted by molar-refractivity contribution is -0.153. The van der Waals surface area contributed by atoms with Crippen molar-refractivity contribution in [1.29, 1.82) is 0 Å². The zero-order valence-electron chi connectivity index (χ0n) is 5.95. The molecule has 0 saturated carbocycles. The summed E-state index contributed by atoms with van der Waals surface area (Å²) in [6.45, 7) is 1.12. The van der Waals surface area contributed by atoms with Crippen LogP contribution in [0.15, 0.2) is 0 Å². The molecule has 0 amide bonds. The van der Waals surface area contributed by atoms with E-state index in [1.165, 1.54) is 0 Å². The molecule has 2 N–H and O–H groups in total. The highest BCUT2D eigenvalue weighted by molar-refractivity contribution is 6.93. The smallest absolute Gasteiger partial charge is 0.317 e. The van der Waals surface area contributed by atoms with Crippen molar-refractivity contribution >= 4 is 39.8 Å². The maximum atomic E-state index is 9.76. The van der Waals surface area contributed by atoms with Gasteiger partial charge in [-0.1, -0.05) is 0 Å². The van der Waals surface area contributed by atoms with Crippen LogP contribution in [0.3, 0.4) is 0 Å². The van der Waals surface area contributed by atoms with Gasteiger partial charge in [-0.2, -0.15) is 0 Å². The zero-order chi connectivity index (χ0) is 10.3. The molecular formula is C5H6Cl2O5. The molecule has 0 fully saturated rings. The molecule has 5 nitrogen and oxygen atoms in total. The van der Waals surface area contributed by atoms with Crippen LogP contribution in [-0.4, -0.2) is 26.9 Å². The third kappa shape index (κ3) is 11.9. The van der Waals surface area contributed by atoms with E-state index in [1.807, 2.05) is 0 Å². The molecule has 0 unspecified atom stereocenters. The topological polar surface area (TPSA) is 91.7 Å². The van der Waals surface area contributed by atoms with Crippen LogP contribution in [0.25, 0.3) is 0 Å². The normalized spacial score (nSPS) is 8.33. The Morgan fingerprint density at radius 3 is 1.25 bits per heavy atom. The van der Waals surface area contributed by atoms with Crippen molar-refractivity contribution in [2.45, 2.75) is 6.92 Å². The molecule has 0 saturated heterocycles. The van der Waals surface area contributed by atoms with E-state index in [0.717, 1.165) is 6.92 Å². The van der Waals surface area contributed by atoms with Gasteiger partial charge < -0.3 is 10.2 Å². The second-order valence-corrected chi connectivity index (χ2v) is 2.50. The molecule has 0 spiro atoms. The molecule has 0 aromatic heterocycles. The van der Waals surface area contributed by atoms with Gasteiger partial charge in [0.25, 0.3) is 0 Å². The molecule has 0 rings (SSSR count). The Kier molecular flexibility index (Phi) is 7.88. The number of hydrogen-bond donors (Lipinski definition) is 2. The van der Waals surface area contributed by atoms with Crippen molar-refractivity contribution in [3.8, 4) is 0 Å². The third-order valence-corrected chi connectivity index (χ3v) is 0.741. The second-order valence-electron chi connectivity index (χ2n) is 1.62. The van der Waals surface area contributed by atoms with E-state index < -0.39 is 22.6 Å². The molecule has 0 aromatic carbocycles. The first-order valence-electron chi connectivity index (χ1n) is 2.59. The number of halogens is 2. The molecule has 7 heteroatoms. The molecule has 0 atom stereocenters. The van der Waals surface area contributed by atoms with Crippen LogP contribution >= 0.6 is 23.2 Å². The van der Waals surface area contributed by atoms with Gasteiger partial charge in [-0.05, 0) is 30.1 Å². The van der Waals surface area contributed by atoms with Gasteiger partial charge in [-0.3, -0.25) is 14.4 Å². The monoisotopic (exact) mass is 216 g/mol. The molecule has 0 aromatic rings. The van der Waals surface area contributed by atoms with Gasteiger partial charge in [0.15, 0.2) is 5.92 Å². The fourth-order valence-electron chi connectivity index (χ4n) is 0.106. The van der Waals surface area contributed by atoms with Crippen molar-refractivity contribution in [3.63, 3.8) is 0 Å². The second kappa shape index (κ2) is 6.87. The number of carbonyl (C=O) groups is 3. The maximum Gasteiger partial charge on any atom is 0.317 e. The Labute approximate surface area is 77.9 Å². The summed E-state index contributed by atoms with van der Waals surface area (Å²) in [7, 11) is 0. The van der Waals surface area contributed by atoms with Crippen LogP contribution in [0.4, 0.5) is 4.79 Å². The standard InChI is InChI=1S/C4H6O4.CCl2O/c1-2(3(5)6)4(7)8;2-1(3)4/h2H,1H3,(H,5,6)(H,7,8);. The minimum atomic E-state index is -1.31. The van der Waals surface area contributed by atoms with Crippen molar-refractivity contribution in [2.75, 3.05) is 0 Å². The van der Waals surface area contributed by atoms with E-state index >= 15 is 0 Å². The predicted octanol–water partition coefficient (Wildman–Crippen LogP) is 1.38. The van der Waals surface area contributed by atoms with Gasteiger partial charge in [0.1, 0.15) is 0 Å². The van der Waals surface area contributed by atoms with E-state index in [9.17, 15) is 9.59 Å². The summed E-state index contributed by atoms with van der Waals surface area (Å²) >= 11 is 8.80. The predicted molar refractivity (Wildman–Crippen MR) is 41.5 cm³/mol. The molecule has 0 aliphatic rings. The summed E-state index contributed by atoms with van der Waals surface area (Å²) in [4.78, 5) is 28.5. The van der Waals surface area contributed by atoms with Crippen LogP contribution in [0.2, 0.25) is 0 Å². The van der Waals surface area contributed by atoms with Crippen LogP contribution in [0, 0.1) is 5.92 Å². The van der Waals surface area contributed by atoms with Gasteiger partial charge in [0, 0.05) is 0 Å². The minimum Gasteiger partial charge on any atom is -0.481 e. The number of aliphatic carboxylic acids is 2. The molecule has 12 heavy (non-hydrogen) atoms. The Morgan fingerprint density at radius 1 is 1.08 bits per heavy atom. The van der Waals surface area contributed by atoms with Gasteiger partial charge in [0.2, 0.25) is 0 Å². The van der Waals surface area contributed by atoms with E-state index in [0.29, 0.717) is 0 Å². The first-order chi connectivity index (χ1) is 5.29. The lowest BCUT2D eigenvalue weighted by Crippen LogP contribution is -2.19. The van der Waals surface area contributed by atoms with Crippen molar-refractivity contribution < 1.29 is 24.6 Å². The summed E-state index contributed by atoms with van der Waals surface area (Å²) in [5.41, 5.74) is 0. The molecule has 0 bridgehead atoms. The highest BCUT2D eigenvalue weighted by Crippen LogP contribution is 1.91. The maximum absolute atomic E-state index is 9.76. The van der Waals surface area contributed by atoms with E-state index in [4.69, 9.17) is 15.0 Å². The zero-order valence-corrected chi connectivity index (χ0v) is 7.46. The highest BCUT2D eigenvalue weighted by Gasteiger charge is 2.18. The largest absolute Gasteiger partial charge is 0.481 e. The van der Waals surface area contributed by atoms with Crippen LogP contribution in [-0.2, 0) is 9.59 Å². The Hall–Kier alpha value is -0.810. The average molecular weight is 217 g/mol. The number of hydrogen-bond acceptors (Lipinski definition) is 3. The van der Waals surface area contributed by atoms with E-state index in [-0.39, 0.29) is 0 Å². The first-order valence-corrected chi connectivity index (χ1v) is 3.35. The molecule has 0 heterocycles. The Morgan fingerprint density at radius 2 is 1.25 bits per heavy atom. The van der Waals surface area contributed by atoms with Crippen LogP contribution in [0.5, 0.6) is 0 Å².